The molecule has 2 atom stereocenters. The molecule has 0 aromatic rings. The second kappa shape index (κ2) is 6.66. The van der Waals surface area contributed by atoms with Gasteiger partial charge in [-0.25, -0.2) is 0 Å². The molecule has 5 heteroatoms. The lowest BCUT2D eigenvalue weighted by atomic mass is 9.86. The van der Waals surface area contributed by atoms with Gasteiger partial charge in [-0.1, -0.05) is 32.9 Å². The summed E-state index contributed by atoms with van der Waals surface area (Å²) in [4.78, 5) is 2.54. The monoisotopic (exact) mass is 273 g/mol. The molecule has 0 spiro atoms. The molecule has 0 amide bonds. The van der Waals surface area contributed by atoms with E-state index in [-0.39, 0.29) is 5.41 Å². The number of nitrogens with two attached hydrogens (primary N) is 1. The van der Waals surface area contributed by atoms with Gasteiger partial charge in [0.05, 0.1) is 0 Å². The molecule has 1 rings (SSSR count). The summed E-state index contributed by atoms with van der Waals surface area (Å²) in [5, 5.41) is 13.3. The van der Waals surface area contributed by atoms with Crippen molar-refractivity contribution in [1.29, 1.82) is 0 Å². The molecular weight excluding hydrogens is 246 g/mol. The van der Waals surface area contributed by atoms with Crippen LogP contribution in [0.1, 0.15) is 40.5 Å². The molecule has 18 heavy (non-hydrogen) atoms. The molecule has 0 bridgehead atoms. The quantitative estimate of drug-likeness (QED) is 0.349. The minimum Gasteiger partial charge on any atom is -0.409 e. The van der Waals surface area contributed by atoms with E-state index in [4.69, 9.17) is 10.9 Å². The van der Waals surface area contributed by atoms with Gasteiger partial charge < -0.3 is 15.8 Å². The Morgan fingerprint density at radius 1 is 1.39 bits per heavy atom. The van der Waals surface area contributed by atoms with Gasteiger partial charge in [-0.3, -0.25) is 0 Å². The number of amidine groups is 1. The van der Waals surface area contributed by atoms with E-state index in [1.54, 1.807) is 0 Å². The Hall–Kier alpha value is -0.420. The van der Waals surface area contributed by atoms with E-state index in [2.05, 4.69) is 35.7 Å². The summed E-state index contributed by atoms with van der Waals surface area (Å²) >= 11 is 2.08. The summed E-state index contributed by atoms with van der Waals surface area (Å²) in [6, 6.07) is 0. The number of hydrogen-bond acceptors (Lipinski definition) is 4. The van der Waals surface area contributed by atoms with Crippen LogP contribution in [0.25, 0.3) is 0 Å². The van der Waals surface area contributed by atoms with Crippen molar-refractivity contribution in [3.8, 4) is 0 Å². The van der Waals surface area contributed by atoms with Gasteiger partial charge in [0.25, 0.3) is 0 Å². The highest BCUT2D eigenvalue weighted by Gasteiger charge is 2.25. The fourth-order valence-electron chi connectivity index (χ4n) is 2.47. The van der Waals surface area contributed by atoms with Crippen LogP contribution in [0.3, 0.4) is 0 Å². The molecule has 1 fully saturated rings. The third-order valence-electron chi connectivity index (χ3n) is 3.57. The predicted molar refractivity (Wildman–Crippen MR) is 79.4 cm³/mol. The lowest BCUT2D eigenvalue weighted by Gasteiger charge is -2.35. The summed E-state index contributed by atoms with van der Waals surface area (Å²) in [5.41, 5.74) is 5.49. The number of nitrogens with zero attached hydrogens (tertiary/aromatic N) is 2. The Balaban J connectivity index is 2.33. The van der Waals surface area contributed by atoms with E-state index < -0.39 is 0 Å². The van der Waals surface area contributed by atoms with Gasteiger partial charge in [-0.2, -0.15) is 11.8 Å². The highest BCUT2D eigenvalue weighted by molar-refractivity contribution is 8.00. The zero-order valence-corrected chi connectivity index (χ0v) is 12.8. The highest BCUT2D eigenvalue weighted by Crippen LogP contribution is 2.26. The van der Waals surface area contributed by atoms with Gasteiger partial charge in [-0.05, 0) is 19.4 Å². The number of oxime groups is 1. The molecule has 2 unspecified atom stereocenters. The van der Waals surface area contributed by atoms with Crippen LogP contribution in [-0.4, -0.2) is 46.1 Å². The van der Waals surface area contributed by atoms with Crippen molar-refractivity contribution in [2.24, 2.45) is 16.3 Å². The SMILES string of the molecule is CC1CN(CCCC(C)(C)C(N)=NO)CC(C)S1. The van der Waals surface area contributed by atoms with Crippen LogP contribution in [0, 0.1) is 5.41 Å². The molecule has 106 valence electrons. The fraction of sp³-hybridized carbons (Fsp3) is 0.923. The zero-order chi connectivity index (χ0) is 13.8. The Kier molecular flexibility index (Phi) is 5.79. The normalized spacial score (nSPS) is 27.4. The maximum Gasteiger partial charge on any atom is 0.144 e. The standard InChI is InChI=1S/C13H27N3OS/c1-10-8-16(9-11(2)18-10)7-5-6-13(3,4)12(14)15-17/h10-11,17H,5-9H2,1-4H3,(H2,14,15). The van der Waals surface area contributed by atoms with Crippen LogP contribution >= 0.6 is 11.8 Å². The average Bonchev–Trinajstić information content (AvgIpc) is 2.26. The summed E-state index contributed by atoms with van der Waals surface area (Å²) in [7, 11) is 0. The van der Waals surface area contributed by atoms with Crippen LogP contribution in [0.5, 0.6) is 0 Å². The van der Waals surface area contributed by atoms with Gasteiger partial charge in [0.2, 0.25) is 0 Å². The molecule has 1 saturated heterocycles. The van der Waals surface area contributed by atoms with Crippen molar-refractivity contribution in [3.05, 3.63) is 0 Å². The van der Waals surface area contributed by atoms with Crippen LogP contribution < -0.4 is 5.73 Å². The van der Waals surface area contributed by atoms with Crippen molar-refractivity contribution in [2.75, 3.05) is 19.6 Å². The molecular formula is C13H27N3OS. The Bertz CT molecular complexity index is 284. The van der Waals surface area contributed by atoms with Crippen LogP contribution in [0.15, 0.2) is 5.16 Å². The molecule has 0 aliphatic carbocycles. The van der Waals surface area contributed by atoms with Gasteiger partial charge in [0, 0.05) is 29.0 Å². The van der Waals surface area contributed by atoms with E-state index >= 15 is 0 Å². The minimum atomic E-state index is -0.212. The predicted octanol–water partition coefficient (Wildman–Crippen LogP) is 2.37. The minimum absolute atomic E-state index is 0.212. The summed E-state index contributed by atoms with van der Waals surface area (Å²) in [5.74, 6) is 0.332. The van der Waals surface area contributed by atoms with Crippen molar-refractivity contribution < 1.29 is 5.21 Å². The van der Waals surface area contributed by atoms with Gasteiger partial charge >= 0.3 is 0 Å². The molecule has 1 aliphatic heterocycles. The third kappa shape index (κ3) is 4.69. The largest absolute Gasteiger partial charge is 0.409 e. The maximum absolute atomic E-state index is 8.74. The summed E-state index contributed by atoms with van der Waals surface area (Å²) in [6.07, 6.45) is 2.04. The molecule has 3 N–H and O–H groups in total. The fourth-order valence-corrected chi connectivity index (χ4v) is 3.86. The van der Waals surface area contributed by atoms with Crippen molar-refractivity contribution >= 4 is 17.6 Å². The molecule has 0 radical (unpaired) electrons. The molecule has 1 heterocycles. The van der Waals surface area contributed by atoms with Crippen molar-refractivity contribution in [3.63, 3.8) is 0 Å². The van der Waals surface area contributed by atoms with Gasteiger partial charge in [0.15, 0.2) is 0 Å². The second-order valence-corrected chi connectivity index (χ2v) is 7.87. The first-order chi connectivity index (χ1) is 8.35. The van der Waals surface area contributed by atoms with E-state index in [0.717, 1.165) is 29.9 Å². The molecule has 0 saturated carbocycles. The van der Waals surface area contributed by atoms with Crippen LogP contribution in [-0.2, 0) is 0 Å². The molecule has 0 aromatic heterocycles. The third-order valence-corrected chi connectivity index (χ3v) is 4.80. The number of rotatable bonds is 5. The Morgan fingerprint density at radius 3 is 2.44 bits per heavy atom. The van der Waals surface area contributed by atoms with E-state index in [0.29, 0.717) is 5.84 Å². The van der Waals surface area contributed by atoms with Gasteiger partial charge in [0.1, 0.15) is 5.84 Å². The van der Waals surface area contributed by atoms with Crippen LogP contribution in [0.2, 0.25) is 0 Å². The number of hydrogen-bond donors (Lipinski definition) is 2. The first-order valence-corrected chi connectivity index (χ1v) is 7.65. The summed E-state index contributed by atoms with van der Waals surface area (Å²) in [6.45, 7) is 12.1. The van der Waals surface area contributed by atoms with Crippen molar-refractivity contribution in [2.45, 2.75) is 51.0 Å². The zero-order valence-electron chi connectivity index (χ0n) is 12.0. The summed E-state index contributed by atoms with van der Waals surface area (Å²) < 4.78 is 0. The lowest BCUT2D eigenvalue weighted by molar-refractivity contribution is 0.252. The Morgan fingerprint density at radius 2 is 1.94 bits per heavy atom. The average molecular weight is 273 g/mol. The highest BCUT2D eigenvalue weighted by atomic mass is 32.2. The van der Waals surface area contributed by atoms with E-state index in [9.17, 15) is 0 Å². The molecule has 4 nitrogen and oxygen atoms in total. The first kappa shape index (κ1) is 15.6. The first-order valence-electron chi connectivity index (χ1n) is 6.71. The smallest absolute Gasteiger partial charge is 0.144 e. The Labute approximate surface area is 115 Å². The topological polar surface area (TPSA) is 61.8 Å². The maximum atomic E-state index is 8.74. The van der Waals surface area contributed by atoms with Crippen molar-refractivity contribution in [1.82, 2.24) is 4.90 Å². The second-order valence-electron chi connectivity index (χ2n) is 5.99. The van der Waals surface area contributed by atoms with Crippen LogP contribution in [0.4, 0.5) is 0 Å². The van der Waals surface area contributed by atoms with Gasteiger partial charge in [-0.15, -0.1) is 0 Å². The van der Waals surface area contributed by atoms with E-state index in [1.165, 1.54) is 13.1 Å². The molecule has 1 aliphatic rings. The molecule has 0 aromatic carbocycles. The lowest BCUT2D eigenvalue weighted by Crippen LogP contribution is -2.41. The number of thioether (sulfide) groups is 1. The van der Waals surface area contributed by atoms with E-state index in [1.807, 2.05) is 13.8 Å².